The summed E-state index contributed by atoms with van der Waals surface area (Å²) in [5, 5.41) is 10.5. The number of aliphatic hydroxyl groups is 1. The highest BCUT2D eigenvalue weighted by atomic mass is 16.3. The highest BCUT2D eigenvalue weighted by Gasteiger charge is 2.31. The maximum atomic E-state index is 10.5. The summed E-state index contributed by atoms with van der Waals surface area (Å²) >= 11 is 0. The van der Waals surface area contributed by atoms with Crippen molar-refractivity contribution in [1.82, 2.24) is 14.5 Å². The average molecular weight is 277 g/mol. The number of pyridine rings is 1. The van der Waals surface area contributed by atoms with E-state index in [1.807, 2.05) is 48.9 Å². The number of benzene rings is 1. The average Bonchev–Trinajstić information content (AvgIpc) is 3.11. The highest BCUT2D eigenvalue weighted by molar-refractivity contribution is 5.66. The molecule has 0 fully saturated rings. The topological polar surface area (TPSA) is 50.9 Å². The molecule has 0 saturated heterocycles. The molecule has 1 aliphatic heterocycles. The summed E-state index contributed by atoms with van der Waals surface area (Å²) in [6, 6.07) is 13.8. The van der Waals surface area contributed by atoms with Crippen molar-refractivity contribution in [3.8, 4) is 11.3 Å². The zero-order chi connectivity index (χ0) is 14.2. The number of hydrogen-bond donors (Lipinski definition) is 1. The zero-order valence-electron chi connectivity index (χ0n) is 11.4. The lowest BCUT2D eigenvalue weighted by Crippen LogP contribution is -2.11. The monoisotopic (exact) mass is 277 g/mol. The molecular weight excluding hydrogens is 262 g/mol. The molecule has 1 N–H and O–H groups in total. The summed E-state index contributed by atoms with van der Waals surface area (Å²) < 4.78 is 2.10. The van der Waals surface area contributed by atoms with Crippen LogP contribution in [0.25, 0.3) is 11.3 Å². The number of hydrogen-bond acceptors (Lipinski definition) is 3. The van der Waals surface area contributed by atoms with Gasteiger partial charge in [-0.3, -0.25) is 4.98 Å². The summed E-state index contributed by atoms with van der Waals surface area (Å²) in [6.45, 7) is 0. The first-order valence-electron chi connectivity index (χ1n) is 7.04. The first-order chi connectivity index (χ1) is 10.3. The largest absolute Gasteiger partial charge is 0.388 e. The molecule has 0 bridgehead atoms. The highest BCUT2D eigenvalue weighted by Crippen LogP contribution is 2.41. The summed E-state index contributed by atoms with van der Waals surface area (Å²) in [6.07, 6.45) is 5.56. The van der Waals surface area contributed by atoms with Crippen LogP contribution in [0.3, 0.4) is 0 Å². The van der Waals surface area contributed by atoms with Gasteiger partial charge >= 0.3 is 0 Å². The van der Waals surface area contributed by atoms with Crippen LogP contribution < -0.4 is 0 Å². The Kier molecular flexibility index (Phi) is 2.82. The second-order valence-corrected chi connectivity index (χ2v) is 5.30. The lowest BCUT2D eigenvalue weighted by molar-refractivity contribution is 0.153. The van der Waals surface area contributed by atoms with Crippen LogP contribution in [0.4, 0.5) is 0 Å². The van der Waals surface area contributed by atoms with Gasteiger partial charge in [0.25, 0.3) is 0 Å². The zero-order valence-corrected chi connectivity index (χ0v) is 11.4. The van der Waals surface area contributed by atoms with Gasteiger partial charge in [0.15, 0.2) is 0 Å². The van der Waals surface area contributed by atoms with Crippen LogP contribution in [0.2, 0.25) is 0 Å². The van der Waals surface area contributed by atoms with E-state index in [-0.39, 0.29) is 6.04 Å². The van der Waals surface area contributed by atoms with Crippen LogP contribution in [0.5, 0.6) is 0 Å². The molecule has 4 nitrogen and oxygen atoms in total. The molecule has 2 aromatic heterocycles. The van der Waals surface area contributed by atoms with E-state index >= 15 is 0 Å². The summed E-state index contributed by atoms with van der Waals surface area (Å²) in [4.78, 5) is 8.74. The molecule has 2 unspecified atom stereocenters. The number of aliphatic hydroxyl groups excluding tert-OH is 1. The van der Waals surface area contributed by atoms with Crippen molar-refractivity contribution in [3.63, 3.8) is 0 Å². The van der Waals surface area contributed by atoms with Gasteiger partial charge in [-0.1, -0.05) is 30.3 Å². The Morgan fingerprint density at radius 3 is 2.86 bits per heavy atom. The van der Waals surface area contributed by atoms with E-state index in [1.54, 1.807) is 6.20 Å². The molecule has 0 saturated carbocycles. The minimum atomic E-state index is -0.514. The second kappa shape index (κ2) is 4.82. The summed E-state index contributed by atoms with van der Waals surface area (Å²) in [5.41, 5.74) is 4.14. The van der Waals surface area contributed by atoms with Crippen molar-refractivity contribution in [3.05, 3.63) is 72.4 Å². The minimum Gasteiger partial charge on any atom is -0.388 e. The maximum Gasteiger partial charge on any atom is 0.0957 e. The van der Waals surface area contributed by atoms with E-state index in [2.05, 4.69) is 20.6 Å². The van der Waals surface area contributed by atoms with Crippen LogP contribution in [0, 0.1) is 0 Å². The first kappa shape index (κ1) is 12.3. The van der Waals surface area contributed by atoms with Crippen LogP contribution in [-0.2, 0) is 0 Å². The quantitative estimate of drug-likeness (QED) is 0.800. The molecule has 21 heavy (non-hydrogen) atoms. The van der Waals surface area contributed by atoms with Crippen molar-refractivity contribution < 1.29 is 5.11 Å². The van der Waals surface area contributed by atoms with Gasteiger partial charge < -0.3 is 9.67 Å². The van der Waals surface area contributed by atoms with Crippen LogP contribution in [0.1, 0.15) is 29.8 Å². The predicted molar refractivity (Wildman–Crippen MR) is 79.6 cm³/mol. The van der Waals surface area contributed by atoms with Crippen molar-refractivity contribution >= 4 is 0 Å². The Hall–Kier alpha value is -2.46. The lowest BCUT2D eigenvalue weighted by Gasteiger charge is -2.18. The molecule has 1 aromatic carbocycles. The third kappa shape index (κ3) is 1.96. The lowest BCUT2D eigenvalue weighted by atomic mass is 9.99. The summed E-state index contributed by atoms with van der Waals surface area (Å²) in [5.74, 6) is 0. The fourth-order valence-corrected chi connectivity index (χ4v) is 3.04. The van der Waals surface area contributed by atoms with Crippen LogP contribution >= 0.6 is 0 Å². The van der Waals surface area contributed by atoms with Gasteiger partial charge in [-0.05, 0) is 17.7 Å². The first-order valence-corrected chi connectivity index (χ1v) is 7.04. The second-order valence-electron chi connectivity index (χ2n) is 5.30. The number of aromatic nitrogens is 3. The Labute approximate surface area is 122 Å². The van der Waals surface area contributed by atoms with Gasteiger partial charge in [0.2, 0.25) is 0 Å². The van der Waals surface area contributed by atoms with E-state index in [4.69, 9.17) is 0 Å². The Morgan fingerprint density at radius 2 is 2.00 bits per heavy atom. The van der Waals surface area contributed by atoms with Crippen LogP contribution in [0.15, 0.2) is 61.2 Å². The van der Waals surface area contributed by atoms with Crippen molar-refractivity contribution in [2.24, 2.45) is 0 Å². The van der Waals surface area contributed by atoms with Gasteiger partial charge in [-0.15, -0.1) is 0 Å². The number of nitrogens with zero attached hydrogens (tertiary/aromatic N) is 3. The third-order valence-corrected chi connectivity index (χ3v) is 4.06. The van der Waals surface area contributed by atoms with Gasteiger partial charge in [0, 0.05) is 18.2 Å². The van der Waals surface area contributed by atoms with Gasteiger partial charge in [-0.2, -0.15) is 0 Å². The Bertz CT molecular complexity index is 766. The fraction of sp³-hybridized carbons (Fsp3) is 0.176. The van der Waals surface area contributed by atoms with Gasteiger partial charge in [-0.25, -0.2) is 4.98 Å². The van der Waals surface area contributed by atoms with E-state index in [1.165, 1.54) is 0 Å². The summed E-state index contributed by atoms with van der Waals surface area (Å²) in [7, 11) is 0. The molecule has 3 aromatic rings. The standard InChI is InChI=1S/C17H15N3O/c21-16(12-5-2-1-3-6-12)9-14-17-13(7-4-8-19-17)15-10-18-11-20(14)15/h1-8,10-11,14,16,21H,9H2. The van der Waals surface area contributed by atoms with Crippen LogP contribution in [-0.4, -0.2) is 19.6 Å². The molecule has 0 spiro atoms. The van der Waals surface area contributed by atoms with E-state index in [0.29, 0.717) is 6.42 Å². The van der Waals surface area contributed by atoms with Crippen molar-refractivity contribution in [1.29, 1.82) is 0 Å². The maximum absolute atomic E-state index is 10.5. The smallest absolute Gasteiger partial charge is 0.0957 e. The Morgan fingerprint density at radius 1 is 1.14 bits per heavy atom. The fourth-order valence-electron chi connectivity index (χ4n) is 3.04. The van der Waals surface area contributed by atoms with Gasteiger partial charge in [0.1, 0.15) is 0 Å². The molecule has 4 heteroatoms. The molecule has 0 amide bonds. The predicted octanol–water partition coefficient (Wildman–Crippen LogP) is 2.97. The molecule has 0 aliphatic carbocycles. The normalized spacial score (nSPS) is 17.3. The van der Waals surface area contributed by atoms with E-state index < -0.39 is 6.10 Å². The van der Waals surface area contributed by atoms with E-state index in [0.717, 1.165) is 22.5 Å². The van der Waals surface area contributed by atoms with Gasteiger partial charge in [0.05, 0.1) is 36.1 Å². The third-order valence-electron chi connectivity index (χ3n) is 4.06. The number of imidazole rings is 1. The Balaban J connectivity index is 1.70. The minimum absolute atomic E-state index is 0.0360. The number of fused-ring (bicyclic) bond motifs is 3. The van der Waals surface area contributed by atoms with Crippen molar-refractivity contribution in [2.75, 3.05) is 0 Å². The molecule has 1 aliphatic rings. The SMILES string of the molecule is OC(CC1c2ncccc2-c2cncn21)c1ccccc1. The molecule has 3 heterocycles. The van der Waals surface area contributed by atoms with Crippen molar-refractivity contribution in [2.45, 2.75) is 18.6 Å². The molecule has 4 rings (SSSR count). The van der Waals surface area contributed by atoms with E-state index in [9.17, 15) is 5.11 Å². The molecule has 0 radical (unpaired) electrons. The molecular formula is C17H15N3O. The molecule has 2 atom stereocenters. The molecule has 104 valence electrons. The number of rotatable bonds is 3.